The quantitative estimate of drug-likeness (QED) is 0.625. The van der Waals surface area contributed by atoms with Crippen LogP contribution >= 0.6 is 0 Å². The minimum Gasteiger partial charge on any atom is -0.480 e. The minimum absolute atomic E-state index is 0.463. The maximum Gasteiger partial charge on any atom is 0.227 e. The Kier molecular flexibility index (Phi) is 4.27. The Morgan fingerprint density at radius 2 is 1.95 bits per heavy atom. The first kappa shape index (κ1) is 14.4. The first-order valence-corrected chi connectivity index (χ1v) is 6.68. The van der Waals surface area contributed by atoms with Crippen LogP contribution in [0.4, 0.5) is 0 Å². The molecule has 1 aromatic rings. The molecule has 0 aliphatic heterocycles. The van der Waals surface area contributed by atoms with E-state index in [9.17, 15) is 0 Å². The van der Waals surface area contributed by atoms with Gasteiger partial charge < -0.3 is 4.74 Å². The van der Waals surface area contributed by atoms with Crippen LogP contribution in [-0.2, 0) is 0 Å². The van der Waals surface area contributed by atoms with Gasteiger partial charge in [-0.15, -0.1) is 0 Å². The fourth-order valence-electron chi connectivity index (χ4n) is 1.94. The molecule has 0 saturated heterocycles. The van der Waals surface area contributed by atoms with Gasteiger partial charge in [-0.3, -0.25) is 0 Å². The molecule has 5 heteroatoms. The second kappa shape index (κ2) is 5.94. The van der Waals surface area contributed by atoms with E-state index in [1.54, 1.807) is 7.11 Å². The van der Waals surface area contributed by atoms with Crippen LogP contribution in [-0.4, -0.2) is 28.6 Å². The number of amidine groups is 1. The van der Waals surface area contributed by atoms with Crippen LogP contribution < -0.4 is 4.74 Å². The molecule has 0 N–H and O–H groups in total. The van der Waals surface area contributed by atoms with E-state index in [0.717, 1.165) is 29.8 Å². The van der Waals surface area contributed by atoms with E-state index in [0.29, 0.717) is 23.3 Å². The fraction of sp³-hybridized carbons (Fsp3) is 0.467. The Balaban J connectivity index is 2.62. The first-order valence-electron chi connectivity index (χ1n) is 6.68. The number of rotatable bonds is 4. The highest BCUT2D eigenvalue weighted by Gasteiger charge is 2.31. The maximum atomic E-state index is 5.38. The lowest BCUT2D eigenvalue weighted by atomic mass is 10.1. The molecule has 1 aliphatic rings. The molecular weight excluding hydrogens is 252 g/mol. The normalized spacial score (nSPS) is 14.9. The lowest BCUT2D eigenvalue weighted by Gasteiger charge is -2.11. The van der Waals surface area contributed by atoms with Crippen molar-refractivity contribution in [1.29, 1.82) is 0 Å². The van der Waals surface area contributed by atoms with Gasteiger partial charge in [0.2, 0.25) is 5.88 Å². The van der Waals surface area contributed by atoms with Crippen molar-refractivity contribution in [2.75, 3.05) is 7.11 Å². The van der Waals surface area contributed by atoms with Crippen LogP contribution in [0.15, 0.2) is 28.6 Å². The molecule has 1 saturated carbocycles. The number of aliphatic imine (C=N–C) groups is 2. The molecule has 0 atom stereocenters. The molecule has 1 fully saturated rings. The summed E-state index contributed by atoms with van der Waals surface area (Å²) >= 11 is 0. The van der Waals surface area contributed by atoms with Crippen LogP contribution in [0.1, 0.15) is 50.8 Å². The van der Waals surface area contributed by atoms with Crippen LogP contribution in [0.3, 0.4) is 0 Å². The summed E-state index contributed by atoms with van der Waals surface area (Å²) < 4.78 is 5.38. The van der Waals surface area contributed by atoms with E-state index >= 15 is 0 Å². The summed E-state index contributed by atoms with van der Waals surface area (Å²) in [5.74, 6) is 1.56. The molecule has 2 rings (SSSR count). The molecule has 20 heavy (non-hydrogen) atoms. The van der Waals surface area contributed by atoms with Crippen molar-refractivity contribution < 1.29 is 4.74 Å². The standard InChI is InChI=1S/C15H20N4O/c1-9(2)18-14(19-10(3)4)12-13(11-6-7-11)16-8-17-15(12)20-5/h8,11H,1,6-7H2,2-5H3. The molecule has 0 unspecified atom stereocenters. The van der Waals surface area contributed by atoms with Crippen molar-refractivity contribution in [1.82, 2.24) is 9.97 Å². The predicted molar refractivity (Wildman–Crippen MR) is 80.7 cm³/mol. The second-order valence-corrected chi connectivity index (χ2v) is 5.15. The van der Waals surface area contributed by atoms with Crippen molar-refractivity contribution >= 4 is 11.5 Å². The molecule has 0 amide bonds. The molecule has 1 heterocycles. The van der Waals surface area contributed by atoms with E-state index in [4.69, 9.17) is 4.74 Å². The molecular formula is C15H20N4O. The highest BCUT2D eigenvalue weighted by Crippen LogP contribution is 2.42. The van der Waals surface area contributed by atoms with Crippen LogP contribution in [0, 0.1) is 0 Å². The van der Waals surface area contributed by atoms with Gasteiger partial charge in [0.05, 0.1) is 12.8 Å². The molecule has 5 nitrogen and oxygen atoms in total. The van der Waals surface area contributed by atoms with E-state index in [-0.39, 0.29) is 0 Å². The van der Waals surface area contributed by atoms with Crippen molar-refractivity contribution in [3.8, 4) is 5.88 Å². The van der Waals surface area contributed by atoms with E-state index in [1.807, 2.05) is 20.8 Å². The Bertz CT molecular complexity index is 582. The van der Waals surface area contributed by atoms with Crippen molar-refractivity contribution in [2.24, 2.45) is 9.98 Å². The zero-order chi connectivity index (χ0) is 14.7. The molecule has 0 aromatic carbocycles. The molecule has 1 aliphatic carbocycles. The van der Waals surface area contributed by atoms with Crippen molar-refractivity contribution in [2.45, 2.75) is 39.5 Å². The number of aromatic nitrogens is 2. The summed E-state index contributed by atoms with van der Waals surface area (Å²) in [7, 11) is 1.60. The van der Waals surface area contributed by atoms with Crippen LogP contribution in [0.5, 0.6) is 5.88 Å². The third kappa shape index (κ3) is 3.29. The number of hydrogen-bond acceptors (Lipinski definition) is 4. The SMILES string of the molecule is C=C(C)N=C(N=C(C)C)c1c(OC)ncnc1C1CC1. The zero-order valence-corrected chi connectivity index (χ0v) is 12.5. The van der Waals surface area contributed by atoms with Gasteiger partial charge in [0.25, 0.3) is 0 Å². The highest BCUT2D eigenvalue weighted by atomic mass is 16.5. The lowest BCUT2D eigenvalue weighted by molar-refractivity contribution is 0.395. The van der Waals surface area contributed by atoms with Gasteiger partial charge in [-0.05, 0) is 33.6 Å². The Labute approximate surface area is 119 Å². The van der Waals surface area contributed by atoms with Crippen molar-refractivity contribution in [3.63, 3.8) is 0 Å². The lowest BCUT2D eigenvalue weighted by Crippen LogP contribution is -2.10. The summed E-state index contributed by atoms with van der Waals surface area (Å²) in [6.07, 6.45) is 3.82. The second-order valence-electron chi connectivity index (χ2n) is 5.15. The molecule has 106 valence electrons. The average molecular weight is 272 g/mol. The summed E-state index contributed by atoms with van der Waals surface area (Å²) in [6, 6.07) is 0. The van der Waals surface area contributed by atoms with E-state index in [2.05, 4.69) is 26.5 Å². The minimum atomic E-state index is 0.463. The van der Waals surface area contributed by atoms with Crippen LogP contribution in [0.25, 0.3) is 0 Å². The summed E-state index contributed by atoms with van der Waals surface area (Å²) in [5.41, 5.74) is 3.37. The smallest absolute Gasteiger partial charge is 0.227 e. The van der Waals surface area contributed by atoms with Gasteiger partial charge in [-0.25, -0.2) is 20.0 Å². The van der Waals surface area contributed by atoms with E-state index < -0.39 is 0 Å². The number of allylic oxidation sites excluding steroid dienone is 1. The Hall–Kier alpha value is -2.04. The summed E-state index contributed by atoms with van der Waals surface area (Å²) in [6.45, 7) is 9.54. The van der Waals surface area contributed by atoms with Crippen LogP contribution in [0.2, 0.25) is 0 Å². The van der Waals surface area contributed by atoms with Gasteiger partial charge >= 0.3 is 0 Å². The monoisotopic (exact) mass is 272 g/mol. The number of hydrogen-bond donors (Lipinski definition) is 0. The Morgan fingerprint density at radius 1 is 1.25 bits per heavy atom. The third-order valence-electron chi connectivity index (χ3n) is 2.85. The van der Waals surface area contributed by atoms with Crippen molar-refractivity contribution in [3.05, 3.63) is 29.9 Å². The number of ether oxygens (including phenoxy) is 1. The molecule has 1 aromatic heterocycles. The zero-order valence-electron chi connectivity index (χ0n) is 12.5. The largest absolute Gasteiger partial charge is 0.480 e. The predicted octanol–water partition coefficient (Wildman–Crippen LogP) is 3.12. The highest BCUT2D eigenvalue weighted by molar-refractivity contribution is 6.08. The third-order valence-corrected chi connectivity index (χ3v) is 2.85. The Morgan fingerprint density at radius 3 is 2.45 bits per heavy atom. The molecule has 0 radical (unpaired) electrons. The summed E-state index contributed by atoms with van der Waals surface area (Å²) in [5, 5.41) is 0. The number of nitrogens with zero attached hydrogens (tertiary/aromatic N) is 4. The topological polar surface area (TPSA) is 59.7 Å². The van der Waals surface area contributed by atoms with Gasteiger partial charge in [0.1, 0.15) is 11.9 Å². The fourth-order valence-corrected chi connectivity index (χ4v) is 1.94. The summed E-state index contributed by atoms with van der Waals surface area (Å²) in [4.78, 5) is 17.6. The average Bonchev–Trinajstić information content (AvgIpc) is 3.20. The van der Waals surface area contributed by atoms with E-state index in [1.165, 1.54) is 6.33 Å². The maximum absolute atomic E-state index is 5.38. The van der Waals surface area contributed by atoms with Gasteiger partial charge in [0, 0.05) is 17.3 Å². The van der Waals surface area contributed by atoms with Gasteiger partial charge in [-0.2, -0.15) is 0 Å². The van der Waals surface area contributed by atoms with Gasteiger partial charge in [-0.1, -0.05) is 6.58 Å². The first-order chi connectivity index (χ1) is 9.52. The molecule has 0 spiro atoms. The number of methoxy groups -OCH3 is 1. The molecule has 0 bridgehead atoms. The van der Waals surface area contributed by atoms with Gasteiger partial charge in [0.15, 0.2) is 5.84 Å².